The quantitative estimate of drug-likeness (QED) is 0.648. The molecule has 24 heavy (non-hydrogen) atoms. The summed E-state index contributed by atoms with van der Waals surface area (Å²) in [7, 11) is 0. The molecule has 1 amide bonds. The topological polar surface area (TPSA) is 78.4 Å². The molecule has 0 radical (unpaired) electrons. The molecule has 1 aromatic rings. The van der Waals surface area contributed by atoms with Crippen LogP contribution in [0, 0.1) is 12.8 Å². The second-order valence-electron chi connectivity index (χ2n) is 7.09. The molecule has 3 N–H and O–H groups in total. The highest BCUT2D eigenvalue weighted by Crippen LogP contribution is 2.09. The number of hydrogen-bond donors (Lipinski definition) is 3. The van der Waals surface area contributed by atoms with Gasteiger partial charge in [0.05, 0.1) is 6.04 Å². The first-order chi connectivity index (χ1) is 11.2. The largest absolute Gasteiger partial charge is 0.480 e. The minimum absolute atomic E-state index is 0.125. The number of aryl methyl sites for hydroxylation is 1. The van der Waals surface area contributed by atoms with E-state index in [-0.39, 0.29) is 17.9 Å². The highest BCUT2D eigenvalue weighted by atomic mass is 16.4. The van der Waals surface area contributed by atoms with Crippen molar-refractivity contribution in [1.29, 1.82) is 0 Å². The van der Waals surface area contributed by atoms with E-state index >= 15 is 0 Å². The Morgan fingerprint density at radius 3 is 2.08 bits per heavy atom. The van der Waals surface area contributed by atoms with Gasteiger partial charge in [0.25, 0.3) is 0 Å². The summed E-state index contributed by atoms with van der Waals surface area (Å²) in [5.41, 5.74) is 2.21. The summed E-state index contributed by atoms with van der Waals surface area (Å²) >= 11 is 0. The van der Waals surface area contributed by atoms with Crippen LogP contribution < -0.4 is 10.6 Å². The molecular weight excluding hydrogens is 304 g/mol. The number of benzene rings is 1. The lowest BCUT2D eigenvalue weighted by molar-refractivity contribution is -0.142. The van der Waals surface area contributed by atoms with Gasteiger partial charge in [-0.1, -0.05) is 57.5 Å². The van der Waals surface area contributed by atoms with Gasteiger partial charge in [-0.2, -0.15) is 0 Å². The highest BCUT2D eigenvalue weighted by molar-refractivity contribution is 5.87. The summed E-state index contributed by atoms with van der Waals surface area (Å²) in [5, 5.41) is 15.2. The minimum atomic E-state index is -0.990. The van der Waals surface area contributed by atoms with Gasteiger partial charge in [0.1, 0.15) is 6.04 Å². The second kappa shape index (κ2) is 9.42. The third-order valence-corrected chi connectivity index (χ3v) is 3.73. The molecule has 0 spiro atoms. The molecule has 0 aliphatic rings. The Morgan fingerprint density at radius 1 is 1.04 bits per heavy atom. The maximum absolute atomic E-state index is 12.6. The molecule has 0 bridgehead atoms. The average molecular weight is 334 g/mol. The lowest BCUT2D eigenvalue weighted by Gasteiger charge is -2.24. The van der Waals surface area contributed by atoms with Crippen molar-refractivity contribution >= 4 is 11.9 Å². The van der Waals surface area contributed by atoms with Crippen molar-refractivity contribution in [3.63, 3.8) is 0 Å². The van der Waals surface area contributed by atoms with Crippen LogP contribution in [-0.2, 0) is 16.0 Å². The number of amides is 1. The summed E-state index contributed by atoms with van der Waals surface area (Å²) in [5.74, 6) is -1.06. The molecule has 5 nitrogen and oxygen atoms in total. The van der Waals surface area contributed by atoms with E-state index in [1.807, 2.05) is 58.9 Å². The van der Waals surface area contributed by atoms with E-state index in [1.165, 1.54) is 5.56 Å². The normalized spacial score (nSPS) is 13.8. The van der Waals surface area contributed by atoms with E-state index < -0.39 is 18.1 Å². The van der Waals surface area contributed by atoms with Gasteiger partial charge in [-0.05, 0) is 31.2 Å². The summed E-state index contributed by atoms with van der Waals surface area (Å²) in [6, 6.07) is 6.84. The maximum atomic E-state index is 12.6. The summed E-state index contributed by atoms with van der Waals surface area (Å²) in [6.07, 6.45) is 0.943. The van der Waals surface area contributed by atoms with Crippen LogP contribution in [0.1, 0.15) is 45.2 Å². The lowest BCUT2D eigenvalue weighted by atomic mass is 10.0. The van der Waals surface area contributed by atoms with Gasteiger partial charge in [0.2, 0.25) is 5.91 Å². The molecular formula is C19H30N2O3. The molecule has 0 aromatic heterocycles. The number of carbonyl (C=O) groups is 2. The monoisotopic (exact) mass is 334 g/mol. The summed E-state index contributed by atoms with van der Waals surface area (Å²) in [4.78, 5) is 24.0. The van der Waals surface area contributed by atoms with Crippen LogP contribution in [-0.4, -0.2) is 35.1 Å². The Labute approximate surface area is 144 Å². The molecule has 0 unspecified atom stereocenters. The van der Waals surface area contributed by atoms with E-state index in [0.29, 0.717) is 12.8 Å². The third-order valence-electron chi connectivity index (χ3n) is 3.73. The zero-order chi connectivity index (χ0) is 18.3. The Hall–Kier alpha value is -1.88. The Kier molecular flexibility index (Phi) is 7.92. The van der Waals surface area contributed by atoms with Gasteiger partial charge < -0.3 is 15.7 Å². The van der Waals surface area contributed by atoms with Crippen LogP contribution >= 0.6 is 0 Å². The highest BCUT2D eigenvalue weighted by Gasteiger charge is 2.26. The van der Waals surface area contributed by atoms with Gasteiger partial charge in [-0.3, -0.25) is 4.79 Å². The number of aliphatic carboxylic acids is 1. The van der Waals surface area contributed by atoms with Crippen LogP contribution in [0.15, 0.2) is 24.3 Å². The minimum Gasteiger partial charge on any atom is -0.480 e. The van der Waals surface area contributed by atoms with Crippen molar-refractivity contribution in [2.24, 2.45) is 5.92 Å². The first-order valence-corrected chi connectivity index (χ1v) is 8.53. The number of nitrogens with one attached hydrogen (secondary N) is 2. The van der Waals surface area contributed by atoms with E-state index in [2.05, 4.69) is 10.6 Å². The van der Waals surface area contributed by atoms with Gasteiger partial charge in [-0.25, -0.2) is 4.79 Å². The number of hydrogen-bond acceptors (Lipinski definition) is 3. The van der Waals surface area contributed by atoms with E-state index in [1.54, 1.807) is 0 Å². The fourth-order valence-corrected chi connectivity index (χ4v) is 2.55. The van der Waals surface area contributed by atoms with Crippen molar-refractivity contribution in [3.8, 4) is 0 Å². The first kappa shape index (κ1) is 20.2. The third kappa shape index (κ3) is 7.13. The summed E-state index contributed by atoms with van der Waals surface area (Å²) < 4.78 is 0. The van der Waals surface area contributed by atoms with E-state index in [9.17, 15) is 14.7 Å². The van der Waals surface area contributed by atoms with Crippen LogP contribution in [0.4, 0.5) is 0 Å². The summed E-state index contributed by atoms with van der Waals surface area (Å²) in [6.45, 7) is 9.84. The van der Waals surface area contributed by atoms with Crippen LogP contribution in [0.3, 0.4) is 0 Å². The zero-order valence-electron chi connectivity index (χ0n) is 15.3. The number of rotatable bonds is 9. The Morgan fingerprint density at radius 2 is 1.62 bits per heavy atom. The van der Waals surface area contributed by atoms with Gasteiger partial charge >= 0.3 is 5.97 Å². The molecule has 0 saturated heterocycles. The van der Waals surface area contributed by atoms with Crippen molar-refractivity contribution in [2.45, 2.75) is 65.6 Å². The second-order valence-corrected chi connectivity index (χ2v) is 7.09. The standard InChI is InChI=1S/C19H30N2O3/c1-12(2)10-17(19(23)24)21-18(22)16(20-13(3)4)11-15-8-6-14(5)7-9-15/h6-9,12-13,16-17,20H,10-11H2,1-5H3,(H,21,22)(H,23,24)/t16-,17-/m0/s1. The van der Waals surface area contributed by atoms with Gasteiger partial charge in [0.15, 0.2) is 0 Å². The predicted octanol–water partition coefficient (Wildman–Crippen LogP) is 2.52. The first-order valence-electron chi connectivity index (χ1n) is 8.53. The SMILES string of the molecule is Cc1ccc(C[C@H](NC(C)C)C(=O)N[C@@H](CC(C)C)C(=O)O)cc1. The fraction of sp³-hybridized carbons (Fsp3) is 0.579. The Balaban J connectivity index is 2.83. The number of carbonyl (C=O) groups excluding carboxylic acids is 1. The molecule has 5 heteroatoms. The fourth-order valence-electron chi connectivity index (χ4n) is 2.55. The molecule has 0 fully saturated rings. The molecule has 0 aliphatic carbocycles. The van der Waals surface area contributed by atoms with Crippen LogP contribution in [0.2, 0.25) is 0 Å². The van der Waals surface area contributed by atoms with Gasteiger partial charge in [-0.15, -0.1) is 0 Å². The van der Waals surface area contributed by atoms with Crippen molar-refractivity contribution < 1.29 is 14.7 Å². The molecule has 134 valence electrons. The smallest absolute Gasteiger partial charge is 0.326 e. The van der Waals surface area contributed by atoms with E-state index in [4.69, 9.17) is 0 Å². The molecule has 1 rings (SSSR count). The van der Waals surface area contributed by atoms with Crippen molar-refractivity contribution in [3.05, 3.63) is 35.4 Å². The number of carboxylic acid groups (broad SMARTS) is 1. The molecule has 0 saturated carbocycles. The maximum Gasteiger partial charge on any atom is 0.326 e. The Bertz CT molecular complexity index is 538. The van der Waals surface area contributed by atoms with E-state index in [0.717, 1.165) is 5.56 Å². The van der Waals surface area contributed by atoms with Crippen molar-refractivity contribution in [2.75, 3.05) is 0 Å². The average Bonchev–Trinajstić information content (AvgIpc) is 2.47. The molecule has 2 atom stereocenters. The predicted molar refractivity (Wildman–Crippen MR) is 96.0 cm³/mol. The molecule has 0 heterocycles. The molecule has 1 aromatic carbocycles. The van der Waals surface area contributed by atoms with Crippen LogP contribution in [0.25, 0.3) is 0 Å². The van der Waals surface area contributed by atoms with Crippen LogP contribution in [0.5, 0.6) is 0 Å². The number of carboxylic acids is 1. The zero-order valence-corrected chi connectivity index (χ0v) is 15.3. The molecule has 0 aliphatic heterocycles. The van der Waals surface area contributed by atoms with Gasteiger partial charge in [0, 0.05) is 6.04 Å². The van der Waals surface area contributed by atoms with Crippen molar-refractivity contribution in [1.82, 2.24) is 10.6 Å². The lowest BCUT2D eigenvalue weighted by Crippen LogP contribution is -2.52.